The minimum Gasteiger partial charge on any atom is -0.438 e. The number of hydrogen-bond acceptors (Lipinski definition) is 8. The molecular weight excluding hydrogens is 558 g/mol. The Bertz CT molecular complexity index is 1220. The Morgan fingerprint density at radius 1 is 1.21 bits per heavy atom. The number of ether oxygens (including phenoxy) is 1. The second-order valence-corrected chi connectivity index (χ2v) is 12.6. The topological polar surface area (TPSA) is 149 Å². The van der Waals surface area contributed by atoms with Crippen LogP contribution < -0.4 is 10.6 Å². The van der Waals surface area contributed by atoms with Gasteiger partial charge in [-0.15, -0.1) is 0 Å². The smallest absolute Gasteiger partial charge is 0.352 e. The van der Waals surface area contributed by atoms with E-state index in [9.17, 15) is 23.8 Å². The molecule has 14 heteroatoms. The molecule has 2 heterocycles. The van der Waals surface area contributed by atoms with E-state index in [0.717, 1.165) is 30.6 Å². The highest BCUT2D eigenvalue weighted by atomic mass is 35.5. The summed E-state index contributed by atoms with van der Waals surface area (Å²) in [6.45, 7) is 5.66. The van der Waals surface area contributed by atoms with Crippen LogP contribution in [0.5, 0.6) is 0 Å². The van der Waals surface area contributed by atoms with Gasteiger partial charge in [0.15, 0.2) is 11.5 Å². The van der Waals surface area contributed by atoms with Crippen molar-refractivity contribution in [1.29, 1.82) is 0 Å². The number of aromatic nitrogens is 2. The zero-order valence-corrected chi connectivity index (χ0v) is 23.7. The van der Waals surface area contributed by atoms with Crippen LogP contribution in [0.15, 0.2) is 24.4 Å². The number of nitrogens with one attached hydrogen (secondary N) is 2. The monoisotopic (exact) mass is 588 g/mol. The van der Waals surface area contributed by atoms with Gasteiger partial charge < -0.3 is 20.3 Å². The van der Waals surface area contributed by atoms with Crippen LogP contribution in [0.3, 0.4) is 0 Å². The van der Waals surface area contributed by atoms with Gasteiger partial charge in [0.25, 0.3) is 5.91 Å². The van der Waals surface area contributed by atoms with Gasteiger partial charge in [-0.25, -0.2) is 0 Å². The van der Waals surface area contributed by atoms with Crippen molar-refractivity contribution in [3.63, 3.8) is 0 Å². The standard InChI is InChI=1S/C24H31Cl2N4O7P/c1-24(2,3)23(33)36-14-37-38(34,35)13-30-12-15(11-19(31)20-17(25)5-4-6-18(20)26)21(29-30)22(32)28-16-7-9-27-10-8-16/h4-6,12,16,27H,7-11,13-14H2,1-3H3,(H,28,32)(H,34,35). The lowest BCUT2D eigenvalue weighted by molar-refractivity contribution is -0.159. The number of carbonyl (C=O) groups excluding carboxylic acids is 3. The summed E-state index contributed by atoms with van der Waals surface area (Å²) in [6.07, 6.45) is 1.85. The Kier molecular flexibility index (Phi) is 10.1. The minimum absolute atomic E-state index is 0.0702. The van der Waals surface area contributed by atoms with E-state index in [-0.39, 0.29) is 39.3 Å². The first-order valence-corrected chi connectivity index (χ1v) is 14.5. The Balaban J connectivity index is 1.80. The molecule has 1 aliphatic heterocycles. The highest BCUT2D eigenvalue weighted by Crippen LogP contribution is 2.43. The van der Waals surface area contributed by atoms with Crippen molar-refractivity contribution in [1.82, 2.24) is 20.4 Å². The molecule has 0 saturated carbocycles. The number of carbonyl (C=O) groups is 3. The predicted molar refractivity (Wildman–Crippen MR) is 141 cm³/mol. The summed E-state index contributed by atoms with van der Waals surface area (Å²) in [5.41, 5.74) is -0.561. The van der Waals surface area contributed by atoms with Crippen LogP contribution in [0.25, 0.3) is 0 Å². The van der Waals surface area contributed by atoms with Crippen molar-refractivity contribution >= 4 is 48.5 Å². The van der Waals surface area contributed by atoms with Gasteiger partial charge in [0.1, 0.15) is 6.29 Å². The van der Waals surface area contributed by atoms with Gasteiger partial charge in [0.2, 0.25) is 6.79 Å². The first kappa shape index (κ1) is 30.3. The van der Waals surface area contributed by atoms with Crippen LogP contribution in [0.4, 0.5) is 0 Å². The highest BCUT2D eigenvalue weighted by molar-refractivity contribution is 7.51. The van der Waals surface area contributed by atoms with E-state index < -0.39 is 43.7 Å². The van der Waals surface area contributed by atoms with Crippen molar-refractivity contribution in [2.45, 2.75) is 52.4 Å². The fraction of sp³-hybridized carbons (Fsp3) is 0.500. The molecule has 1 aromatic carbocycles. The van der Waals surface area contributed by atoms with Gasteiger partial charge in [-0.05, 0) is 58.8 Å². The van der Waals surface area contributed by atoms with Crippen molar-refractivity contribution in [3.8, 4) is 0 Å². The van der Waals surface area contributed by atoms with Crippen molar-refractivity contribution < 1.29 is 33.1 Å². The lowest BCUT2D eigenvalue weighted by Crippen LogP contribution is -2.43. The number of esters is 1. The molecule has 0 aliphatic carbocycles. The van der Waals surface area contributed by atoms with E-state index >= 15 is 0 Å². The number of hydrogen-bond donors (Lipinski definition) is 3. The maximum Gasteiger partial charge on any atom is 0.352 e. The van der Waals surface area contributed by atoms with Crippen LogP contribution in [-0.2, 0) is 31.3 Å². The second-order valence-electron chi connectivity index (χ2n) is 9.94. The van der Waals surface area contributed by atoms with Crippen LogP contribution in [0.2, 0.25) is 10.0 Å². The largest absolute Gasteiger partial charge is 0.438 e. The fourth-order valence-electron chi connectivity index (χ4n) is 3.70. The number of Topliss-reactive ketones (excluding diaryl/α,β-unsaturated/α-hetero) is 1. The second kappa shape index (κ2) is 12.7. The number of benzene rings is 1. The van der Waals surface area contributed by atoms with Crippen LogP contribution in [-0.4, -0.2) is 58.3 Å². The van der Waals surface area contributed by atoms with Gasteiger partial charge >= 0.3 is 13.6 Å². The molecule has 1 saturated heterocycles. The molecule has 0 bridgehead atoms. The summed E-state index contributed by atoms with van der Waals surface area (Å²) in [5, 5.41) is 10.6. The lowest BCUT2D eigenvalue weighted by Gasteiger charge is -2.23. The molecule has 1 atom stereocenters. The molecule has 2 aromatic rings. The first-order valence-electron chi connectivity index (χ1n) is 12.0. The van der Waals surface area contributed by atoms with Crippen molar-refractivity contribution in [2.24, 2.45) is 5.41 Å². The summed E-state index contributed by atoms with van der Waals surface area (Å²) < 4.78 is 23.5. The van der Waals surface area contributed by atoms with Gasteiger partial charge in [-0.1, -0.05) is 29.3 Å². The average Bonchev–Trinajstić information content (AvgIpc) is 3.20. The van der Waals surface area contributed by atoms with Gasteiger partial charge in [0.05, 0.1) is 21.0 Å². The predicted octanol–water partition coefficient (Wildman–Crippen LogP) is 3.80. The lowest BCUT2D eigenvalue weighted by atomic mass is 9.98. The molecule has 1 aliphatic rings. The molecule has 1 amide bonds. The third-order valence-electron chi connectivity index (χ3n) is 5.70. The summed E-state index contributed by atoms with van der Waals surface area (Å²) >= 11 is 12.4. The molecule has 3 N–H and O–H groups in total. The zero-order chi connectivity index (χ0) is 28.1. The number of ketones is 1. The Labute approximate surface area is 230 Å². The van der Waals surface area contributed by atoms with Gasteiger partial charge in [-0.3, -0.25) is 28.2 Å². The number of nitrogens with zero attached hydrogens (tertiary/aromatic N) is 2. The number of piperidine rings is 1. The van der Waals surface area contributed by atoms with E-state index in [1.807, 2.05) is 0 Å². The number of rotatable bonds is 10. The Morgan fingerprint density at radius 3 is 2.45 bits per heavy atom. The average molecular weight is 589 g/mol. The van der Waals surface area contributed by atoms with Crippen molar-refractivity contribution in [2.75, 3.05) is 19.9 Å². The van der Waals surface area contributed by atoms with Crippen LogP contribution >= 0.6 is 30.8 Å². The summed E-state index contributed by atoms with van der Waals surface area (Å²) in [7, 11) is -4.35. The molecule has 1 fully saturated rings. The number of halogens is 2. The molecule has 1 aromatic heterocycles. The summed E-state index contributed by atoms with van der Waals surface area (Å²) in [6, 6.07) is 4.58. The third-order valence-corrected chi connectivity index (χ3v) is 7.49. The molecule has 0 spiro atoms. The maximum atomic E-state index is 13.1. The Hall–Kier alpha value is -2.27. The maximum absolute atomic E-state index is 13.1. The Morgan fingerprint density at radius 2 is 1.84 bits per heavy atom. The van der Waals surface area contributed by atoms with E-state index in [2.05, 4.69) is 15.7 Å². The molecular formula is C24H31Cl2N4O7P. The summed E-state index contributed by atoms with van der Waals surface area (Å²) in [5.74, 6) is -1.57. The van der Waals surface area contributed by atoms with E-state index in [4.69, 9.17) is 32.5 Å². The molecule has 1 unspecified atom stereocenters. The van der Waals surface area contributed by atoms with Crippen LogP contribution in [0, 0.1) is 5.41 Å². The molecule has 11 nitrogen and oxygen atoms in total. The first-order chi connectivity index (χ1) is 17.8. The van der Waals surface area contributed by atoms with Gasteiger partial charge in [-0.2, -0.15) is 5.10 Å². The molecule has 0 radical (unpaired) electrons. The molecule has 208 valence electrons. The van der Waals surface area contributed by atoms with Crippen LogP contribution in [0.1, 0.15) is 60.0 Å². The molecule has 3 rings (SSSR count). The minimum atomic E-state index is -4.35. The van der Waals surface area contributed by atoms with E-state index in [1.54, 1.807) is 26.8 Å². The normalized spacial score (nSPS) is 16.1. The molecule has 38 heavy (non-hydrogen) atoms. The SMILES string of the molecule is CC(C)(C)C(=O)OCOP(=O)(O)Cn1cc(CC(=O)c2c(Cl)cccc2Cl)c(C(=O)NC2CCNCC2)n1. The van der Waals surface area contributed by atoms with Crippen molar-refractivity contribution in [3.05, 3.63) is 51.3 Å². The van der Waals surface area contributed by atoms with E-state index in [0.29, 0.717) is 0 Å². The fourth-order valence-corrected chi connectivity index (χ4v) is 5.12. The summed E-state index contributed by atoms with van der Waals surface area (Å²) in [4.78, 5) is 48.4. The van der Waals surface area contributed by atoms with Gasteiger partial charge in [0, 0.05) is 24.2 Å². The third kappa shape index (κ3) is 8.36. The van der Waals surface area contributed by atoms with E-state index in [1.165, 1.54) is 18.3 Å². The quantitative estimate of drug-likeness (QED) is 0.163. The number of amides is 1. The highest BCUT2D eigenvalue weighted by Gasteiger charge is 2.29. The zero-order valence-electron chi connectivity index (χ0n) is 21.3.